The van der Waals surface area contributed by atoms with Gasteiger partial charge in [-0.15, -0.1) is 0 Å². The van der Waals surface area contributed by atoms with Gasteiger partial charge in [-0.3, -0.25) is 0 Å². The number of nitrogens with zero attached hydrogens (tertiary/aromatic N) is 4. The van der Waals surface area contributed by atoms with Crippen molar-refractivity contribution in [3.05, 3.63) is 71.5 Å². The molecule has 2 heterocycles. The summed E-state index contributed by atoms with van der Waals surface area (Å²) < 4.78 is 29.7. The van der Waals surface area contributed by atoms with E-state index < -0.39 is 5.97 Å². The van der Waals surface area contributed by atoms with Crippen LogP contribution in [-0.4, -0.2) is 45.3 Å². The molecular weight excluding hydrogens is 459 g/mol. The van der Waals surface area contributed by atoms with Crippen molar-refractivity contribution in [3.63, 3.8) is 0 Å². The number of ether oxygens (including phenoxy) is 1. The summed E-state index contributed by atoms with van der Waals surface area (Å²) in [5, 5.41) is 21.4. The SMILES string of the molecule is CCCO/N=C(\COc1cc(C(=O)O)cc(-c2nc(C)no2)c1)c1cc(-c2ccc(F)cc2)no1. The molecule has 2 aromatic carbocycles. The Kier molecular flexibility index (Phi) is 7.15. The summed E-state index contributed by atoms with van der Waals surface area (Å²) in [7, 11) is 0. The minimum atomic E-state index is -1.15. The number of hydrogen-bond donors (Lipinski definition) is 1. The second-order valence-electron chi connectivity index (χ2n) is 7.44. The first kappa shape index (κ1) is 23.6. The largest absolute Gasteiger partial charge is 0.487 e. The zero-order chi connectivity index (χ0) is 24.8. The number of hydrogen-bond acceptors (Lipinski definition) is 9. The van der Waals surface area contributed by atoms with E-state index in [2.05, 4.69) is 20.5 Å². The molecule has 2 aromatic heterocycles. The zero-order valence-electron chi connectivity index (χ0n) is 18.9. The Morgan fingerprint density at radius 2 is 1.89 bits per heavy atom. The van der Waals surface area contributed by atoms with Gasteiger partial charge in [-0.1, -0.05) is 22.4 Å². The summed E-state index contributed by atoms with van der Waals surface area (Å²) in [4.78, 5) is 21.1. The predicted octanol–water partition coefficient (Wildman–Crippen LogP) is 4.75. The molecule has 180 valence electrons. The van der Waals surface area contributed by atoms with Gasteiger partial charge in [0.15, 0.2) is 17.3 Å². The molecule has 4 rings (SSSR count). The van der Waals surface area contributed by atoms with Crippen LogP contribution < -0.4 is 4.74 Å². The number of carboxylic acids is 1. The molecule has 0 radical (unpaired) electrons. The van der Waals surface area contributed by atoms with Crippen LogP contribution >= 0.6 is 0 Å². The van der Waals surface area contributed by atoms with E-state index in [-0.39, 0.29) is 41.1 Å². The van der Waals surface area contributed by atoms with Crippen LogP contribution in [-0.2, 0) is 4.84 Å². The summed E-state index contributed by atoms with van der Waals surface area (Å²) in [6.45, 7) is 3.85. The van der Waals surface area contributed by atoms with E-state index in [4.69, 9.17) is 18.6 Å². The summed E-state index contributed by atoms with van der Waals surface area (Å²) in [6, 6.07) is 11.8. The average Bonchev–Trinajstić information content (AvgIpc) is 3.51. The van der Waals surface area contributed by atoms with E-state index in [1.165, 1.54) is 24.3 Å². The molecule has 0 saturated carbocycles. The van der Waals surface area contributed by atoms with Gasteiger partial charge in [0.25, 0.3) is 5.89 Å². The lowest BCUT2D eigenvalue weighted by Crippen LogP contribution is -2.14. The second kappa shape index (κ2) is 10.6. The van der Waals surface area contributed by atoms with Gasteiger partial charge in [-0.2, -0.15) is 4.98 Å². The van der Waals surface area contributed by atoms with Crippen LogP contribution in [0.4, 0.5) is 4.39 Å². The molecule has 0 amide bonds. The molecule has 0 atom stereocenters. The average molecular weight is 480 g/mol. The highest BCUT2D eigenvalue weighted by Crippen LogP contribution is 2.26. The van der Waals surface area contributed by atoms with Crippen molar-refractivity contribution in [2.75, 3.05) is 13.2 Å². The third-order valence-electron chi connectivity index (χ3n) is 4.71. The minimum Gasteiger partial charge on any atom is -0.487 e. The number of aromatic nitrogens is 3. The zero-order valence-corrected chi connectivity index (χ0v) is 18.9. The first-order valence-corrected chi connectivity index (χ1v) is 10.7. The number of carboxylic acid groups (broad SMARTS) is 1. The Hall–Kier alpha value is -4.54. The number of rotatable bonds is 10. The van der Waals surface area contributed by atoms with Crippen LogP contribution in [0.15, 0.2) is 62.7 Å². The highest BCUT2D eigenvalue weighted by Gasteiger charge is 2.17. The van der Waals surface area contributed by atoms with Gasteiger partial charge in [0.2, 0.25) is 0 Å². The topological polar surface area (TPSA) is 133 Å². The molecule has 11 heteroatoms. The molecule has 0 aliphatic carbocycles. The first-order chi connectivity index (χ1) is 16.9. The second-order valence-corrected chi connectivity index (χ2v) is 7.44. The Labute approximate surface area is 199 Å². The molecule has 0 spiro atoms. The van der Waals surface area contributed by atoms with E-state index >= 15 is 0 Å². The van der Waals surface area contributed by atoms with Crippen LogP contribution in [0.3, 0.4) is 0 Å². The summed E-state index contributed by atoms with van der Waals surface area (Å²) in [6.07, 6.45) is 0.739. The molecule has 0 bridgehead atoms. The lowest BCUT2D eigenvalue weighted by molar-refractivity contribution is 0.0696. The maximum atomic E-state index is 13.2. The predicted molar refractivity (Wildman–Crippen MR) is 122 cm³/mol. The normalized spacial score (nSPS) is 11.5. The van der Waals surface area contributed by atoms with E-state index in [0.29, 0.717) is 29.3 Å². The maximum absolute atomic E-state index is 13.2. The number of aromatic carboxylic acids is 1. The fourth-order valence-corrected chi connectivity index (χ4v) is 3.02. The Bertz CT molecular complexity index is 1350. The standard InChI is InChI=1S/C24H21FN4O6/c1-3-8-33-28-21(22-12-20(29-34-22)15-4-6-18(25)7-5-15)13-32-19-10-16(9-17(11-19)24(30)31)23-26-14(2)27-35-23/h4-7,9-12H,3,8,13H2,1-2H3,(H,30,31)/b28-21+. The highest BCUT2D eigenvalue weighted by atomic mass is 19.1. The van der Waals surface area contributed by atoms with Gasteiger partial charge < -0.3 is 23.7 Å². The first-order valence-electron chi connectivity index (χ1n) is 10.7. The Morgan fingerprint density at radius 3 is 2.57 bits per heavy atom. The molecular formula is C24H21FN4O6. The Morgan fingerprint density at radius 1 is 1.09 bits per heavy atom. The van der Waals surface area contributed by atoms with Crippen molar-refractivity contribution in [2.24, 2.45) is 5.16 Å². The van der Waals surface area contributed by atoms with Gasteiger partial charge in [-0.05, 0) is 55.8 Å². The van der Waals surface area contributed by atoms with E-state index in [9.17, 15) is 14.3 Å². The van der Waals surface area contributed by atoms with Crippen LogP contribution in [0.2, 0.25) is 0 Å². The number of benzene rings is 2. The van der Waals surface area contributed by atoms with E-state index in [1.807, 2.05) is 6.92 Å². The van der Waals surface area contributed by atoms with E-state index in [0.717, 1.165) is 6.42 Å². The van der Waals surface area contributed by atoms with E-state index in [1.54, 1.807) is 31.2 Å². The number of halogens is 1. The minimum absolute atomic E-state index is 0.0210. The van der Waals surface area contributed by atoms with Crippen LogP contribution in [0.5, 0.6) is 5.75 Å². The molecule has 1 N–H and O–H groups in total. The molecule has 0 saturated heterocycles. The fourth-order valence-electron chi connectivity index (χ4n) is 3.02. The van der Waals surface area contributed by atoms with Gasteiger partial charge in [0, 0.05) is 17.2 Å². The van der Waals surface area contributed by atoms with Gasteiger partial charge in [0.05, 0.1) is 5.56 Å². The van der Waals surface area contributed by atoms with Crippen molar-refractivity contribution in [1.29, 1.82) is 0 Å². The van der Waals surface area contributed by atoms with Crippen molar-refractivity contribution < 1.29 is 32.9 Å². The van der Waals surface area contributed by atoms with Gasteiger partial charge in [-0.25, -0.2) is 9.18 Å². The maximum Gasteiger partial charge on any atom is 0.335 e. The fraction of sp³-hybridized carbons (Fsp3) is 0.208. The smallest absolute Gasteiger partial charge is 0.335 e. The molecule has 0 fully saturated rings. The quantitative estimate of drug-likeness (QED) is 0.194. The molecule has 0 unspecified atom stereocenters. The van der Waals surface area contributed by atoms with Crippen LogP contribution in [0.1, 0.15) is 35.3 Å². The van der Waals surface area contributed by atoms with Crippen molar-refractivity contribution in [1.82, 2.24) is 15.3 Å². The third kappa shape index (κ3) is 5.88. The lowest BCUT2D eigenvalue weighted by Gasteiger charge is -2.09. The summed E-state index contributed by atoms with van der Waals surface area (Å²) in [5.74, 6) is -0.422. The molecule has 0 aliphatic heterocycles. The summed E-state index contributed by atoms with van der Waals surface area (Å²) in [5.41, 5.74) is 1.79. The lowest BCUT2D eigenvalue weighted by atomic mass is 10.1. The highest BCUT2D eigenvalue weighted by molar-refractivity contribution is 5.99. The molecule has 4 aromatic rings. The van der Waals surface area contributed by atoms with Crippen LogP contribution in [0, 0.1) is 12.7 Å². The van der Waals surface area contributed by atoms with Crippen LogP contribution in [0.25, 0.3) is 22.7 Å². The monoisotopic (exact) mass is 480 g/mol. The van der Waals surface area contributed by atoms with Gasteiger partial charge >= 0.3 is 5.97 Å². The molecule has 10 nitrogen and oxygen atoms in total. The number of carbonyl (C=O) groups is 1. The Balaban J connectivity index is 1.59. The molecule has 0 aliphatic rings. The molecule has 35 heavy (non-hydrogen) atoms. The number of oxime groups is 1. The van der Waals surface area contributed by atoms with Crippen molar-refractivity contribution in [3.8, 4) is 28.5 Å². The van der Waals surface area contributed by atoms with Gasteiger partial charge in [0.1, 0.15) is 30.5 Å². The van der Waals surface area contributed by atoms with Crippen molar-refractivity contribution in [2.45, 2.75) is 20.3 Å². The van der Waals surface area contributed by atoms with Crippen molar-refractivity contribution >= 4 is 11.7 Å². The number of aryl methyl sites for hydroxylation is 1. The summed E-state index contributed by atoms with van der Waals surface area (Å²) >= 11 is 0. The third-order valence-corrected chi connectivity index (χ3v) is 4.71.